The first kappa shape index (κ1) is 22.0. The number of benzene rings is 1. The predicted octanol–water partition coefficient (Wildman–Crippen LogP) is 3.23. The molecule has 1 aromatic heterocycles. The highest BCUT2D eigenvalue weighted by Crippen LogP contribution is 2.39. The van der Waals surface area contributed by atoms with E-state index in [-0.39, 0.29) is 18.0 Å². The molecule has 1 fully saturated rings. The molecular weight excluding hydrogens is 412 g/mol. The van der Waals surface area contributed by atoms with Crippen LogP contribution in [-0.4, -0.2) is 37.7 Å². The summed E-state index contributed by atoms with van der Waals surface area (Å²) < 4.78 is 11.1. The summed E-state index contributed by atoms with van der Waals surface area (Å²) in [6.45, 7) is 3.65. The van der Waals surface area contributed by atoms with Crippen LogP contribution in [0.25, 0.3) is 0 Å². The van der Waals surface area contributed by atoms with Crippen LogP contribution >= 0.6 is 11.3 Å². The molecule has 1 aliphatic heterocycles. The zero-order valence-electron chi connectivity index (χ0n) is 18.0. The minimum Gasteiger partial charge on any atom is -0.462 e. The highest BCUT2D eigenvalue weighted by molar-refractivity contribution is 7.17. The molecule has 2 atom stereocenters. The van der Waals surface area contributed by atoms with Gasteiger partial charge in [-0.3, -0.25) is 4.79 Å². The van der Waals surface area contributed by atoms with Gasteiger partial charge in [0.1, 0.15) is 17.6 Å². The molecule has 6 nitrogen and oxygen atoms in total. The number of rotatable bonds is 8. The lowest BCUT2D eigenvalue weighted by Crippen LogP contribution is -2.89. The van der Waals surface area contributed by atoms with Gasteiger partial charge in [-0.05, 0) is 51.0 Å². The minimum atomic E-state index is -0.403. The molecule has 2 aromatic rings. The van der Waals surface area contributed by atoms with Crippen LogP contribution in [0.5, 0.6) is 0 Å². The van der Waals surface area contributed by atoms with Crippen molar-refractivity contribution in [1.82, 2.24) is 0 Å². The maximum Gasteiger partial charge on any atom is 0.341 e. The summed E-state index contributed by atoms with van der Waals surface area (Å²) in [4.78, 5) is 27.4. The van der Waals surface area contributed by atoms with Gasteiger partial charge in [-0.25, -0.2) is 4.79 Å². The molecule has 166 valence electrons. The van der Waals surface area contributed by atoms with Crippen molar-refractivity contribution in [3.63, 3.8) is 0 Å². The summed E-state index contributed by atoms with van der Waals surface area (Å²) in [6, 6.07) is 9.39. The van der Waals surface area contributed by atoms with Crippen LogP contribution in [0.3, 0.4) is 0 Å². The number of aryl methyl sites for hydroxylation is 1. The van der Waals surface area contributed by atoms with Crippen molar-refractivity contribution >= 4 is 28.2 Å². The lowest BCUT2D eigenvalue weighted by Gasteiger charge is -2.18. The van der Waals surface area contributed by atoms with Crippen LogP contribution in [0.1, 0.15) is 65.0 Å². The van der Waals surface area contributed by atoms with E-state index in [0.717, 1.165) is 62.8 Å². The monoisotopic (exact) mass is 443 g/mol. The molecule has 4 rings (SSSR count). The molecule has 0 unspecified atom stereocenters. The van der Waals surface area contributed by atoms with Gasteiger partial charge in [0.05, 0.1) is 12.2 Å². The molecule has 1 amide bonds. The number of fused-ring (bicyclic) bond motifs is 1. The first-order chi connectivity index (χ1) is 15.2. The standard InChI is InChI=1S/C24H30N2O4S/c1-2-29-24(28)20-18-12-6-7-13-19(18)31-23(20)26-22(27)21(16-9-4-3-5-10-16)25-15-17-11-8-14-30-17/h3-5,9-10,17,21,25H,2,6-8,11-15H2,1H3,(H,26,27)/p+1/t17-,21+/m1/s1. The molecule has 1 aliphatic carbocycles. The first-order valence-corrected chi connectivity index (χ1v) is 12.1. The van der Waals surface area contributed by atoms with Crippen molar-refractivity contribution < 1.29 is 24.4 Å². The van der Waals surface area contributed by atoms with Crippen molar-refractivity contribution in [2.75, 3.05) is 25.1 Å². The number of thiophene rings is 1. The van der Waals surface area contributed by atoms with E-state index in [4.69, 9.17) is 9.47 Å². The number of ether oxygens (including phenoxy) is 2. The van der Waals surface area contributed by atoms with Gasteiger partial charge in [-0.1, -0.05) is 30.3 Å². The Morgan fingerprint density at radius 3 is 2.77 bits per heavy atom. The van der Waals surface area contributed by atoms with Gasteiger partial charge in [-0.15, -0.1) is 11.3 Å². The van der Waals surface area contributed by atoms with E-state index in [1.54, 1.807) is 6.92 Å². The Morgan fingerprint density at radius 2 is 2.03 bits per heavy atom. The zero-order chi connectivity index (χ0) is 21.6. The number of nitrogens with two attached hydrogens (primary N) is 1. The van der Waals surface area contributed by atoms with Crippen LogP contribution in [0.2, 0.25) is 0 Å². The Labute approximate surface area is 187 Å². The van der Waals surface area contributed by atoms with E-state index in [9.17, 15) is 9.59 Å². The van der Waals surface area contributed by atoms with Gasteiger partial charge in [0, 0.05) is 17.0 Å². The summed E-state index contributed by atoms with van der Waals surface area (Å²) in [5.74, 6) is -0.454. The molecule has 2 aliphatic rings. The lowest BCUT2D eigenvalue weighted by atomic mass is 9.95. The Hall–Kier alpha value is -2.22. The number of amides is 1. The van der Waals surface area contributed by atoms with E-state index < -0.39 is 6.04 Å². The first-order valence-electron chi connectivity index (χ1n) is 11.3. The van der Waals surface area contributed by atoms with Gasteiger partial charge in [0.25, 0.3) is 5.91 Å². The quantitative estimate of drug-likeness (QED) is 0.614. The SMILES string of the molecule is CCOC(=O)c1c(NC(=O)[C@@H]([NH2+]C[C@H]2CCCO2)c2ccccc2)sc2c1CCCC2. The summed E-state index contributed by atoms with van der Waals surface area (Å²) >= 11 is 1.53. The second-order valence-electron chi connectivity index (χ2n) is 8.12. The smallest absolute Gasteiger partial charge is 0.341 e. The third kappa shape index (κ3) is 5.17. The normalized spacial score (nSPS) is 18.9. The van der Waals surface area contributed by atoms with Crippen molar-refractivity contribution in [2.45, 2.75) is 57.6 Å². The molecule has 31 heavy (non-hydrogen) atoms. The van der Waals surface area contributed by atoms with Crippen LogP contribution in [0.4, 0.5) is 5.00 Å². The molecule has 0 saturated carbocycles. The van der Waals surface area contributed by atoms with E-state index in [0.29, 0.717) is 17.2 Å². The van der Waals surface area contributed by atoms with E-state index in [1.165, 1.54) is 16.2 Å². The van der Waals surface area contributed by atoms with Crippen molar-refractivity contribution in [1.29, 1.82) is 0 Å². The third-order valence-electron chi connectivity index (χ3n) is 5.99. The number of esters is 1. The zero-order valence-corrected chi connectivity index (χ0v) is 18.8. The minimum absolute atomic E-state index is 0.117. The molecule has 2 heterocycles. The van der Waals surface area contributed by atoms with E-state index in [1.807, 2.05) is 30.3 Å². The molecule has 7 heteroatoms. The molecule has 1 aromatic carbocycles. The summed E-state index contributed by atoms with van der Waals surface area (Å²) in [7, 11) is 0. The van der Waals surface area contributed by atoms with E-state index >= 15 is 0 Å². The summed E-state index contributed by atoms with van der Waals surface area (Å²) in [6.07, 6.45) is 6.28. The van der Waals surface area contributed by atoms with Crippen LogP contribution in [-0.2, 0) is 27.1 Å². The fourth-order valence-electron chi connectivity index (χ4n) is 4.44. The second kappa shape index (κ2) is 10.4. The number of quaternary nitrogens is 1. The van der Waals surface area contributed by atoms with Crippen molar-refractivity contribution in [3.05, 3.63) is 51.9 Å². The fourth-order valence-corrected chi connectivity index (χ4v) is 5.72. The Morgan fingerprint density at radius 1 is 1.23 bits per heavy atom. The third-order valence-corrected chi connectivity index (χ3v) is 7.19. The number of nitrogens with one attached hydrogen (secondary N) is 1. The largest absolute Gasteiger partial charge is 0.462 e. The predicted molar refractivity (Wildman–Crippen MR) is 120 cm³/mol. The average Bonchev–Trinajstić information content (AvgIpc) is 3.42. The summed E-state index contributed by atoms with van der Waals surface area (Å²) in [5.41, 5.74) is 2.56. The molecule has 0 spiro atoms. The number of hydrogen-bond acceptors (Lipinski definition) is 5. The van der Waals surface area contributed by atoms with E-state index in [2.05, 4.69) is 10.6 Å². The van der Waals surface area contributed by atoms with Crippen molar-refractivity contribution in [3.8, 4) is 0 Å². The highest BCUT2D eigenvalue weighted by Gasteiger charge is 2.31. The maximum absolute atomic E-state index is 13.4. The molecule has 0 bridgehead atoms. The number of anilines is 1. The van der Waals surface area contributed by atoms with Crippen LogP contribution in [0.15, 0.2) is 30.3 Å². The Balaban J connectivity index is 1.57. The Kier molecular flexibility index (Phi) is 7.37. The number of hydrogen-bond donors (Lipinski definition) is 2. The topological polar surface area (TPSA) is 81.2 Å². The molecule has 3 N–H and O–H groups in total. The van der Waals surface area contributed by atoms with Crippen molar-refractivity contribution in [2.24, 2.45) is 0 Å². The number of carbonyl (C=O) groups is 2. The molecular formula is C24H31N2O4S+. The average molecular weight is 444 g/mol. The van der Waals surface area contributed by atoms with Gasteiger partial charge >= 0.3 is 5.97 Å². The molecule has 1 saturated heterocycles. The van der Waals surface area contributed by atoms with Gasteiger partial charge in [0.2, 0.25) is 0 Å². The van der Waals surface area contributed by atoms with Gasteiger partial charge < -0.3 is 20.1 Å². The van der Waals surface area contributed by atoms with Gasteiger partial charge in [-0.2, -0.15) is 0 Å². The number of carbonyl (C=O) groups excluding carboxylic acids is 2. The van der Waals surface area contributed by atoms with Gasteiger partial charge in [0.15, 0.2) is 6.04 Å². The highest BCUT2D eigenvalue weighted by atomic mass is 32.1. The second-order valence-corrected chi connectivity index (χ2v) is 9.22. The maximum atomic E-state index is 13.4. The lowest BCUT2D eigenvalue weighted by molar-refractivity contribution is -0.687. The summed E-state index contributed by atoms with van der Waals surface area (Å²) in [5, 5.41) is 5.77. The van der Waals surface area contributed by atoms with Crippen LogP contribution in [0, 0.1) is 0 Å². The molecule has 0 radical (unpaired) electrons. The Bertz CT molecular complexity index is 906. The van der Waals surface area contributed by atoms with Crippen LogP contribution < -0.4 is 10.6 Å². The fraction of sp³-hybridized carbons (Fsp3) is 0.500.